The molecule has 3 nitrogen and oxygen atoms in total. The average molecular weight is 316 g/mol. The Bertz CT molecular complexity index is 647. The van der Waals surface area contributed by atoms with E-state index in [0.29, 0.717) is 23.9 Å². The molecule has 0 spiro atoms. The lowest BCUT2D eigenvalue weighted by molar-refractivity contribution is 0.340. The molecule has 2 aromatic rings. The fourth-order valence-corrected chi connectivity index (χ4v) is 2.19. The van der Waals surface area contributed by atoms with Crippen LogP contribution in [-0.2, 0) is 6.54 Å². The summed E-state index contributed by atoms with van der Waals surface area (Å²) in [6.07, 6.45) is 5.16. The molecule has 0 aliphatic heterocycles. The first-order valence-electron chi connectivity index (χ1n) is 7.04. The molecule has 22 heavy (non-hydrogen) atoms. The van der Waals surface area contributed by atoms with Gasteiger partial charge in [-0.25, -0.2) is 0 Å². The zero-order valence-corrected chi connectivity index (χ0v) is 13.2. The maximum absolute atomic E-state index is 6.16. The highest BCUT2D eigenvalue weighted by Gasteiger charge is 2.03. The molecule has 0 radical (unpaired) electrons. The van der Waals surface area contributed by atoms with Gasteiger partial charge in [0, 0.05) is 12.2 Å². The average Bonchev–Trinajstić information content (AvgIpc) is 2.54. The van der Waals surface area contributed by atoms with E-state index in [9.17, 15) is 0 Å². The molecule has 4 heteroatoms. The van der Waals surface area contributed by atoms with Crippen LogP contribution >= 0.6 is 11.6 Å². The number of rotatable bonds is 7. The molecule has 0 saturated carbocycles. The lowest BCUT2D eigenvalue weighted by atomic mass is 10.2. The van der Waals surface area contributed by atoms with E-state index < -0.39 is 0 Å². The van der Waals surface area contributed by atoms with Gasteiger partial charge >= 0.3 is 0 Å². The van der Waals surface area contributed by atoms with E-state index in [1.165, 1.54) is 0 Å². The number of nitrogens with one attached hydrogen (secondary N) is 1. The Balaban J connectivity index is 1.93. The smallest absolute Gasteiger partial charge is 0.148 e. The van der Waals surface area contributed by atoms with Crippen molar-refractivity contribution in [3.05, 3.63) is 53.1 Å². The molecule has 1 N–H and O–H groups in total. The van der Waals surface area contributed by atoms with Crippen molar-refractivity contribution in [3.8, 4) is 23.8 Å². The summed E-state index contributed by atoms with van der Waals surface area (Å²) in [5.41, 5.74) is 2.08. The van der Waals surface area contributed by atoms with Crippen molar-refractivity contribution in [3.63, 3.8) is 0 Å². The van der Waals surface area contributed by atoms with Gasteiger partial charge in [-0.3, -0.25) is 0 Å². The van der Waals surface area contributed by atoms with Gasteiger partial charge in [0.2, 0.25) is 0 Å². The summed E-state index contributed by atoms with van der Waals surface area (Å²) in [5.74, 6) is 3.88. The number of hydrogen-bond acceptors (Lipinski definition) is 3. The van der Waals surface area contributed by atoms with E-state index in [0.717, 1.165) is 17.0 Å². The largest absolute Gasteiger partial charge is 0.494 e. The number of benzene rings is 2. The van der Waals surface area contributed by atoms with Gasteiger partial charge in [0.05, 0.1) is 11.6 Å². The van der Waals surface area contributed by atoms with Crippen molar-refractivity contribution >= 4 is 17.3 Å². The molecule has 0 aliphatic rings. The van der Waals surface area contributed by atoms with Crippen LogP contribution in [0.2, 0.25) is 5.02 Å². The van der Waals surface area contributed by atoms with Crippen LogP contribution in [0.25, 0.3) is 0 Å². The lowest BCUT2D eigenvalue weighted by Gasteiger charge is -2.10. The number of anilines is 1. The zero-order chi connectivity index (χ0) is 15.8. The monoisotopic (exact) mass is 315 g/mol. The number of ether oxygens (including phenoxy) is 2. The van der Waals surface area contributed by atoms with E-state index in [-0.39, 0.29) is 6.61 Å². The first-order valence-corrected chi connectivity index (χ1v) is 7.42. The SMILES string of the molecule is C#CCOc1ccc(CNc2ccc(OCC)cc2)cc1Cl. The van der Waals surface area contributed by atoms with Crippen LogP contribution in [0.15, 0.2) is 42.5 Å². The summed E-state index contributed by atoms with van der Waals surface area (Å²) in [5, 5.41) is 3.89. The van der Waals surface area contributed by atoms with Gasteiger partial charge in [0.1, 0.15) is 18.1 Å². The summed E-state index contributed by atoms with van der Waals surface area (Å²) < 4.78 is 10.7. The molecule has 0 aliphatic carbocycles. The van der Waals surface area contributed by atoms with Crippen LogP contribution in [0, 0.1) is 12.3 Å². The van der Waals surface area contributed by atoms with E-state index >= 15 is 0 Å². The minimum absolute atomic E-state index is 0.212. The molecule has 0 heterocycles. The van der Waals surface area contributed by atoms with Crippen LogP contribution < -0.4 is 14.8 Å². The molecule has 0 amide bonds. The van der Waals surface area contributed by atoms with Crippen LogP contribution in [-0.4, -0.2) is 13.2 Å². The minimum Gasteiger partial charge on any atom is -0.494 e. The maximum Gasteiger partial charge on any atom is 0.148 e. The summed E-state index contributed by atoms with van der Waals surface area (Å²) in [6, 6.07) is 13.5. The highest BCUT2D eigenvalue weighted by molar-refractivity contribution is 6.32. The van der Waals surface area contributed by atoms with Gasteiger partial charge in [-0.2, -0.15) is 0 Å². The van der Waals surface area contributed by atoms with Crippen molar-refractivity contribution < 1.29 is 9.47 Å². The second-order valence-corrected chi connectivity index (χ2v) is 4.98. The van der Waals surface area contributed by atoms with Crippen molar-refractivity contribution in [2.45, 2.75) is 13.5 Å². The van der Waals surface area contributed by atoms with Gasteiger partial charge in [0.15, 0.2) is 0 Å². The molecular weight excluding hydrogens is 298 g/mol. The Morgan fingerprint density at radius 3 is 2.55 bits per heavy atom. The number of halogens is 1. The molecular formula is C18H18ClNO2. The summed E-state index contributed by atoms with van der Waals surface area (Å²) >= 11 is 6.16. The quantitative estimate of drug-likeness (QED) is 0.770. The van der Waals surface area contributed by atoms with Gasteiger partial charge in [-0.15, -0.1) is 6.42 Å². The van der Waals surface area contributed by atoms with Gasteiger partial charge in [-0.1, -0.05) is 23.6 Å². The van der Waals surface area contributed by atoms with Gasteiger partial charge in [0.25, 0.3) is 0 Å². The highest BCUT2D eigenvalue weighted by Crippen LogP contribution is 2.26. The molecule has 0 aromatic heterocycles. The van der Waals surface area contributed by atoms with Crippen LogP contribution in [0.1, 0.15) is 12.5 Å². The Labute approximate surface area is 136 Å². The fourth-order valence-electron chi connectivity index (χ4n) is 1.93. The number of hydrogen-bond donors (Lipinski definition) is 1. The first kappa shape index (κ1) is 16.1. The molecule has 0 fully saturated rings. The molecule has 114 valence electrons. The second-order valence-electron chi connectivity index (χ2n) is 4.57. The van der Waals surface area contributed by atoms with Gasteiger partial charge in [-0.05, 0) is 48.9 Å². The third-order valence-corrected chi connectivity index (χ3v) is 3.26. The Hall–Kier alpha value is -2.31. The minimum atomic E-state index is 0.212. The predicted octanol–water partition coefficient (Wildman–Crippen LogP) is 4.36. The van der Waals surface area contributed by atoms with Crippen molar-refractivity contribution in [1.29, 1.82) is 0 Å². The fraction of sp³-hybridized carbons (Fsp3) is 0.222. The van der Waals surface area contributed by atoms with Crippen LogP contribution in [0.4, 0.5) is 5.69 Å². The Morgan fingerprint density at radius 1 is 1.14 bits per heavy atom. The molecule has 2 rings (SSSR count). The van der Waals surface area contributed by atoms with Crippen LogP contribution in [0.3, 0.4) is 0 Å². The number of terminal acetylenes is 1. The van der Waals surface area contributed by atoms with Crippen molar-refractivity contribution in [2.24, 2.45) is 0 Å². The zero-order valence-electron chi connectivity index (χ0n) is 12.4. The summed E-state index contributed by atoms with van der Waals surface area (Å²) in [6.45, 7) is 3.51. The third-order valence-electron chi connectivity index (χ3n) is 2.97. The first-order chi connectivity index (χ1) is 10.7. The highest BCUT2D eigenvalue weighted by atomic mass is 35.5. The van der Waals surface area contributed by atoms with E-state index in [1.54, 1.807) is 0 Å². The molecule has 0 bridgehead atoms. The lowest BCUT2D eigenvalue weighted by Crippen LogP contribution is -2.00. The second kappa shape index (κ2) is 8.21. The van der Waals surface area contributed by atoms with Crippen molar-refractivity contribution in [2.75, 3.05) is 18.5 Å². The van der Waals surface area contributed by atoms with E-state index in [2.05, 4.69) is 11.2 Å². The summed E-state index contributed by atoms with van der Waals surface area (Å²) in [4.78, 5) is 0. The van der Waals surface area contributed by atoms with Crippen molar-refractivity contribution in [1.82, 2.24) is 0 Å². The molecule has 0 unspecified atom stereocenters. The Kier molecular flexibility index (Phi) is 6.00. The predicted molar refractivity (Wildman–Crippen MR) is 90.7 cm³/mol. The molecule has 2 aromatic carbocycles. The maximum atomic E-state index is 6.16. The third kappa shape index (κ3) is 4.61. The standard InChI is InChI=1S/C18H18ClNO2/c1-3-11-22-18-10-5-14(12-17(18)19)13-20-15-6-8-16(9-7-15)21-4-2/h1,5-10,12,20H,4,11,13H2,2H3. The van der Waals surface area contributed by atoms with Crippen LogP contribution in [0.5, 0.6) is 11.5 Å². The summed E-state index contributed by atoms with van der Waals surface area (Å²) in [7, 11) is 0. The van der Waals surface area contributed by atoms with E-state index in [4.69, 9.17) is 27.5 Å². The van der Waals surface area contributed by atoms with E-state index in [1.807, 2.05) is 49.4 Å². The molecule has 0 atom stereocenters. The Morgan fingerprint density at radius 2 is 1.91 bits per heavy atom. The molecule has 0 saturated heterocycles. The van der Waals surface area contributed by atoms with Gasteiger partial charge < -0.3 is 14.8 Å². The normalized spacial score (nSPS) is 9.86. The topological polar surface area (TPSA) is 30.5 Å².